The normalized spacial score (nSPS) is 16.7. The van der Waals surface area contributed by atoms with Crippen LogP contribution >= 0.6 is 35.3 Å². The third-order valence-corrected chi connectivity index (χ3v) is 6.66. The zero-order chi connectivity index (χ0) is 11.9. The molecule has 1 fully saturated rings. The average Bonchev–Trinajstić information content (AvgIpc) is 2.44. The minimum atomic E-state index is -3.37. The number of thiophene rings is 1. The Kier molecular flexibility index (Phi) is 4.85. The van der Waals surface area contributed by atoms with Crippen LogP contribution in [0.25, 0.3) is 0 Å². The van der Waals surface area contributed by atoms with Crippen LogP contribution in [-0.4, -0.2) is 38.9 Å². The van der Waals surface area contributed by atoms with E-state index in [1.54, 1.807) is 13.1 Å². The molecule has 0 amide bonds. The van der Waals surface area contributed by atoms with Crippen LogP contribution in [0.4, 0.5) is 0 Å². The van der Waals surface area contributed by atoms with Gasteiger partial charge in [-0.3, -0.25) is 0 Å². The van der Waals surface area contributed by atoms with E-state index in [9.17, 15) is 8.42 Å². The van der Waals surface area contributed by atoms with Gasteiger partial charge in [-0.25, -0.2) is 8.42 Å². The van der Waals surface area contributed by atoms with Crippen molar-refractivity contribution in [3.63, 3.8) is 0 Å². The van der Waals surface area contributed by atoms with Crippen molar-refractivity contribution in [3.05, 3.63) is 16.0 Å². The molecule has 1 aliphatic heterocycles. The molecule has 1 aromatic rings. The van der Waals surface area contributed by atoms with Gasteiger partial charge >= 0.3 is 0 Å². The number of nitrogens with one attached hydrogen (secondary N) is 1. The highest BCUT2D eigenvalue weighted by atomic mass is 35.5. The summed E-state index contributed by atoms with van der Waals surface area (Å²) in [6.45, 7) is 3.24. The van der Waals surface area contributed by atoms with Crippen LogP contribution in [0.5, 0.6) is 0 Å². The number of halogens is 2. The molecule has 4 nitrogen and oxygen atoms in total. The Balaban J connectivity index is 0.00000144. The molecular formula is C9H14Cl2N2O2S2. The molecule has 0 spiro atoms. The average molecular weight is 317 g/mol. The van der Waals surface area contributed by atoms with Crippen LogP contribution in [0.3, 0.4) is 0 Å². The second-order valence-electron chi connectivity index (χ2n) is 3.86. The predicted molar refractivity (Wildman–Crippen MR) is 72.9 cm³/mol. The van der Waals surface area contributed by atoms with E-state index in [2.05, 4.69) is 5.32 Å². The predicted octanol–water partition coefficient (Wildman–Crippen LogP) is 1.72. The zero-order valence-corrected chi connectivity index (χ0v) is 12.6. The van der Waals surface area contributed by atoms with Gasteiger partial charge in [-0.15, -0.1) is 23.7 Å². The second-order valence-corrected chi connectivity index (χ2v) is 7.73. The molecule has 0 radical (unpaired) electrons. The number of sulfonamides is 1. The third-order valence-electron chi connectivity index (χ3n) is 2.74. The van der Waals surface area contributed by atoms with E-state index in [-0.39, 0.29) is 18.4 Å². The van der Waals surface area contributed by atoms with Gasteiger partial charge in [-0.05, 0) is 18.6 Å². The molecule has 98 valence electrons. The van der Waals surface area contributed by atoms with Crippen molar-refractivity contribution in [2.45, 2.75) is 17.2 Å². The summed E-state index contributed by atoms with van der Waals surface area (Å²) in [5.74, 6) is 0. The summed E-state index contributed by atoms with van der Waals surface area (Å²) < 4.78 is 26.6. The van der Waals surface area contributed by atoms with Crippen molar-refractivity contribution in [2.75, 3.05) is 20.1 Å². The van der Waals surface area contributed by atoms with Gasteiger partial charge in [0.15, 0.2) is 0 Å². The molecule has 2 heterocycles. The van der Waals surface area contributed by atoms with Crippen molar-refractivity contribution in [2.24, 2.45) is 0 Å². The topological polar surface area (TPSA) is 49.4 Å². The molecule has 8 heteroatoms. The molecule has 1 saturated heterocycles. The quantitative estimate of drug-likeness (QED) is 0.923. The van der Waals surface area contributed by atoms with Gasteiger partial charge in [-0.1, -0.05) is 11.6 Å². The lowest BCUT2D eigenvalue weighted by molar-refractivity contribution is 0.274. The molecule has 1 aromatic heterocycles. The van der Waals surface area contributed by atoms with Gasteiger partial charge in [0.25, 0.3) is 10.0 Å². The first-order chi connectivity index (χ1) is 7.43. The minimum Gasteiger partial charge on any atom is -0.313 e. The van der Waals surface area contributed by atoms with Crippen LogP contribution < -0.4 is 5.32 Å². The fraction of sp³-hybridized carbons (Fsp3) is 0.556. The maximum Gasteiger partial charge on any atom is 0.252 e. The Hall–Kier alpha value is 0.150. The van der Waals surface area contributed by atoms with Gasteiger partial charge in [0.1, 0.15) is 4.21 Å². The van der Waals surface area contributed by atoms with E-state index >= 15 is 0 Å². The number of aryl methyl sites for hydroxylation is 1. The highest BCUT2D eigenvalue weighted by molar-refractivity contribution is 7.91. The summed E-state index contributed by atoms with van der Waals surface area (Å²) >= 11 is 7.01. The van der Waals surface area contributed by atoms with Crippen LogP contribution in [0.2, 0.25) is 4.34 Å². The van der Waals surface area contributed by atoms with Gasteiger partial charge in [0.05, 0.1) is 4.34 Å². The molecule has 2 rings (SSSR count). The molecule has 0 aliphatic carbocycles. The molecule has 0 saturated carbocycles. The van der Waals surface area contributed by atoms with Crippen molar-refractivity contribution >= 4 is 45.4 Å². The van der Waals surface area contributed by atoms with E-state index in [1.807, 2.05) is 6.92 Å². The summed E-state index contributed by atoms with van der Waals surface area (Å²) in [7, 11) is -1.76. The lowest BCUT2D eigenvalue weighted by Crippen LogP contribution is -2.57. The first-order valence-electron chi connectivity index (χ1n) is 4.87. The van der Waals surface area contributed by atoms with Crippen LogP contribution in [-0.2, 0) is 10.0 Å². The van der Waals surface area contributed by atoms with Crippen molar-refractivity contribution < 1.29 is 8.42 Å². The Bertz CT molecular complexity index is 478. The van der Waals surface area contributed by atoms with Gasteiger partial charge in [-0.2, -0.15) is 4.31 Å². The van der Waals surface area contributed by atoms with Crippen molar-refractivity contribution in [1.82, 2.24) is 9.62 Å². The van der Waals surface area contributed by atoms with Gasteiger partial charge < -0.3 is 5.32 Å². The lowest BCUT2D eigenvalue weighted by atomic mass is 10.2. The summed E-state index contributed by atoms with van der Waals surface area (Å²) in [5, 5.41) is 3.05. The van der Waals surface area contributed by atoms with Crippen LogP contribution in [0.15, 0.2) is 10.3 Å². The van der Waals surface area contributed by atoms with E-state index in [4.69, 9.17) is 11.6 Å². The highest BCUT2D eigenvalue weighted by Gasteiger charge is 2.32. The molecule has 1 N–H and O–H groups in total. The smallest absolute Gasteiger partial charge is 0.252 e. The summed E-state index contributed by atoms with van der Waals surface area (Å²) in [5.41, 5.74) is 0.811. The standard InChI is InChI=1S/C9H13ClN2O2S2.ClH/c1-6-3-8(15-9(6)10)16(13,14)12(2)7-4-11-5-7;/h3,7,11H,4-5H2,1-2H3;1H. The van der Waals surface area contributed by atoms with Crippen LogP contribution in [0.1, 0.15) is 5.56 Å². The van der Waals surface area contributed by atoms with Gasteiger partial charge in [0, 0.05) is 26.2 Å². The SMILES string of the molecule is Cc1cc(S(=O)(=O)N(C)C2CNC2)sc1Cl.Cl. The van der Waals surface area contributed by atoms with Crippen molar-refractivity contribution in [1.29, 1.82) is 0 Å². The monoisotopic (exact) mass is 316 g/mol. The zero-order valence-electron chi connectivity index (χ0n) is 9.44. The summed E-state index contributed by atoms with van der Waals surface area (Å²) in [4.78, 5) is 0. The lowest BCUT2D eigenvalue weighted by Gasteiger charge is -2.34. The minimum absolute atomic E-state index is 0. The second kappa shape index (κ2) is 5.42. The highest BCUT2D eigenvalue weighted by Crippen LogP contribution is 2.32. The molecule has 0 bridgehead atoms. The fourth-order valence-corrected chi connectivity index (χ4v) is 4.68. The maximum atomic E-state index is 12.2. The fourth-order valence-electron chi connectivity index (χ4n) is 1.43. The number of nitrogens with zero attached hydrogens (tertiary/aromatic N) is 1. The number of hydrogen-bond acceptors (Lipinski definition) is 4. The van der Waals surface area contributed by atoms with Gasteiger partial charge in [0.2, 0.25) is 0 Å². The van der Waals surface area contributed by atoms with Crippen molar-refractivity contribution in [3.8, 4) is 0 Å². The van der Waals surface area contributed by atoms with E-state index < -0.39 is 10.0 Å². The largest absolute Gasteiger partial charge is 0.313 e. The van der Waals surface area contributed by atoms with E-state index in [0.717, 1.165) is 16.9 Å². The maximum absolute atomic E-state index is 12.2. The molecule has 0 atom stereocenters. The Morgan fingerprint density at radius 3 is 2.47 bits per heavy atom. The first kappa shape index (κ1) is 15.2. The molecule has 17 heavy (non-hydrogen) atoms. The summed E-state index contributed by atoms with van der Waals surface area (Å²) in [6, 6.07) is 1.69. The van der Waals surface area contributed by atoms with Crippen LogP contribution in [0, 0.1) is 6.92 Å². The molecule has 0 unspecified atom stereocenters. The third kappa shape index (κ3) is 2.77. The number of rotatable bonds is 3. The molecule has 1 aliphatic rings. The molecular weight excluding hydrogens is 303 g/mol. The Morgan fingerprint density at radius 2 is 2.12 bits per heavy atom. The Morgan fingerprint density at radius 1 is 1.53 bits per heavy atom. The molecule has 0 aromatic carbocycles. The number of likely N-dealkylation sites (N-methyl/N-ethyl adjacent to an activating group) is 1. The van der Waals surface area contributed by atoms with E-state index in [0.29, 0.717) is 21.6 Å². The Labute approximate surface area is 116 Å². The van der Waals surface area contributed by atoms with E-state index in [1.165, 1.54) is 4.31 Å². The number of hydrogen-bond donors (Lipinski definition) is 1. The first-order valence-corrected chi connectivity index (χ1v) is 7.51. The summed E-state index contributed by atoms with van der Waals surface area (Å²) in [6.07, 6.45) is 0.